The summed E-state index contributed by atoms with van der Waals surface area (Å²) in [6.07, 6.45) is 1.94. The third kappa shape index (κ3) is 5.04. The third-order valence-corrected chi connectivity index (χ3v) is 5.12. The molecule has 0 fully saturated rings. The van der Waals surface area contributed by atoms with E-state index in [1.54, 1.807) is 25.3 Å². The number of aromatic nitrogens is 3. The SMILES string of the molecule is COc1ccc(Oc2c(Cl)ccc(C(=O)NCCc3ncn[nH]3)c2Cl)cc1C(C)C. The van der Waals surface area contributed by atoms with Gasteiger partial charge in [-0.1, -0.05) is 37.0 Å². The molecule has 158 valence electrons. The van der Waals surface area contributed by atoms with Crippen LogP contribution in [0, 0.1) is 0 Å². The molecule has 0 saturated carbocycles. The summed E-state index contributed by atoms with van der Waals surface area (Å²) in [5.74, 6) is 2.12. The van der Waals surface area contributed by atoms with Crippen LogP contribution in [0.4, 0.5) is 0 Å². The van der Waals surface area contributed by atoms with Crippen LogP contribution < -0.4 is 14.8 Å². The number of carbonyl (C=O) groups is 1. The predicted molar refractivity (Wildman–Crippen MR) is 116 cm³/mol. The number of benzene rings is 2. The first-order valence-electron chi connectivity index (χ1n) is 9.37. The molecule has 1 aromatic heterocycles. The highest BCUT2D eigenvalue weighted by Gasteiger charge is 2.19. The van der Waals surface area contributed by atoms with Crippen LogP contribution in [-0.4, -0.2) is 34.7 Å². The quantitative estimate of drug-likeness (QED) is 0.505. The van der Waals surface area contributed by atoms with Gasteiger partial charge in [0.15, 0.2) is 5.75 Å². The van der Waals surface area contributed by atoms with Crippen molar-refractivity contribution in [2.45, 2.75) is 26.2 Å². The maximum atomic E-state index is 12.6. The molecule has 7 nitrogen and oxygen atoms in total. The zero-order valence-electron chi connectivity index (χ0n) is 16.8. The van der Waals surface area contributed by atoms with E-state index >= 15 is 0 Å². The number of aromatic amines is 1. The van der Waals surface area contributed by atoms with Crippen LogP contribution in [0.25, 0.3) is 0 Å². The molecule has 1 amide bonds. The smallest absolute Gasteiger partial charge is 0.252 e. The van der Waals surface area contributed by atoms with Crippen LogP contribution in [-0.2, 0) is 6.42 Å². The number of carbonyl (C=O) groups excluding carboxylic acids is 1. The summed E-state index contributed by atoms with van der Waals surface area (Å²) in [5.41, 5.74) is 1.26. The Bertz CT molecular complexity index is 1020. The molecule has 0 unspecified atom stereocenters. The highest BCUT2D eigenvalue weighted by atomic mass is 35.5. The van der Waals surface area contributed by atoms with E-state index in [-0.39, 0.29) is 28.2 Å². The minimum absolute atomic E-state index is 0.140. The van der Waals surface area contributed by atoms with Crippen LogP contribution in [0.15, 0.2) is 36.7 Å². The minimum Gasteiger partial charge on any atom is -0.496 e. The van der Waals surface area contributed by atoms with E-state index in [9.17, 15) is 4.79 Å². The summed E-state index contributed by atoms with van der Waals surface area (Å²) in [5, 5.41) is 9.76. The normalized spacial score (nSPS) is 10.9. The van der Waals surface area contributed by atoms with Gasteiger partial charge >= 0.3 is 0 Å². The Morgan fingerprint density at radius 1 is 1.23 bits per heavy atom. The standard InChI is InChI=1S/C21H22Cl2N4O3/c1-12(2)15-10-13(4-7-17(15)29-3)30-20-16(22)6-5-14(19(20)23)21(28)24-9-8-18-25-11-26-27-18/h4-7,10-12H,8-9H2,1-3H3,(H,24,28)(H,25,26,27). The lowest BCUT2D eigenvalue weighted by Crippen LogP contribution is -2.26. The average molecular weight is 449 g/mol. The van der Waals surface area contributed by atoms with Crippen molar-refractivity contribution in [3.8, 4) is 17.2 Å². The fourth-order valence-electron chi connectivity index (χ4n) is 2.89. The number of H-pyrrole nitrogens is 1. The Balaban J connectivity index is 1.79. The van der Waals surface area contributed by atoms with E-state index in [2.05, 4.69) is 34.3 Å². The molecule has 0 radical (unpaired) electrons. The van der Waals surface area contributed by atoms with Gasteiger partial charge in [0.1, 0.15) is 23.7 Å². The molecule has 0 aliphatic rings. The van der Waals surface area contributed by atoms with Crippen LogP contribution in [0.3, 0.4) is 0 Å². The molecule has 0 aliphatic carbocycles. The lowest BCUT2D eigenvalue weighted by Gasteiger charge is -2.16. The van der Waals surface area contributed by atoms with Crippen LogP contribution >= 0.6 is 23.2 Å². The second-order valence-electron chi connectivity index (χ2n) is 6.84. The Kier molecular flexibility index (Phi) is 7.18. The van der Waals surface area contributed by atoms with E-state index in [1.807, 2.05) is 12.1 Å². The first kappa shape index (κ1) is 21.9. The van der Waals surface area contributed by atoms with Crippen molar-refractivity contribution in [2.75, 3.05) is 13.7 Å². The zero-order chi connectivity index (χ0) is 21.7. The second kappa shape index (κ2) is 9.82. The maximum Gasteiger partial charge on any atom is 0.252 e. The van der Waals surface area contributed by atoms with Gasteiger partial charge in [-0.2, -0.15) is 5.10 Å². The fourth-order valence-corrected chi connectivity index (χ4v) is 3.42. The molecule has 1 heterocycles. The number of amides is 1. The molecule has 0 aliphatic heterocycles. The molecule has 0 spiro atoms. The topological polar surface area (TPSA) is 89.1 Å². The Labute approximate surface area is 184 Å². The van der Waals surface area contributed by atoms with Crippen LogP contribution in [0.1, 0.15) is 41.5 Å². The average Bonchev–Trinajstić information content (AvgIpc) is 3.24. The van der Waals surface area contributed by atoms with Crippen molar-refractivity contribution in [1.29, 1.82) is 0 Å². The second-order valence-corrected chi connectivity index (χ2v) is 7.62. The Morgan fingerprint density at radius 2 is 2.03 bits per heavy atom. The predicted octanol–water partition coefficient (Wildman–Crippen LogP) is 5.01. The summed E-state index contributed by atoms with van der Waals surface area (Å²) in [7, 11) is 1.62. The lowest BCUT2D eigenvalue weighted by molar-refractivity contribution is 0.0954. The molecule has 0 bridgehead atoms. The minimum atomic E-state index is -0.335. The summed E-state index contributed by atoms with van der Waals surface area (Å²) in [4.78, 5) is 16.6. The van der Waals surface area contributed by atoms with E-state index < -0.39 is 0 Å². The van der Waals surface area contributed by atoms with Gasteiger partial charge in [-0.3, -0.25) is 9.89 Å². The van der Waals surface area contributed by atoms with E-state index in [4.69, 9.17) is 32.7 Å². The first-order valence-corrected chi connectivity index (χ1v) is 10.1. The van der Waals surface area contributed by atoms with E-state index in [0.29, 0.717) is 29.6 Å². The molecular weight excluding hydrogens is 427 g/mol. The van der Waals surface area contributed by atoms with Gasteiger partial charge in [0, 0.05) is 18.5 Å². The summed E-state index contributed by atoms with van der Waals surface area (Å²) in [6.45, 7) is 4.50. The number of halogens is 2. The van der Waals surface area contributed by atoms with E-state index in [0.717, 1.165) is 11.3 Å². The summed E-state index contributed by atoms with van der Waals surface area (Å²) in [6, 6.07) is 8.62. The summed E-state index contributed by atoms with van der Waals surface area (Å²) >= 11 is 12.8. The van der Waals surface area contributed by atoms with Gasteiger partial charge in [-0.05, 0) is 36.2 Å². The summed E-state index contributed by atoms with van der Waals surface area (Å²) < 4.78 is 11.4. The van der Waals surface area contributed by atoms with Crippen molar-refractivity contribution in [3.05, 3.63) is 63.7 Å². The Hall–Kier alpha value is -2.77. The number of methoxy groups -OCH3 is 1. The number of hydrogen-bond donors (Lipinski definition) is 2. The van der Waals surface area contributed by atoms with Gasteiger partial charge < -0.3 is 14.8 Å². The highest BCUT2D eigenvalue weighted by Crippen LogP contribution is 2.40. The van der Waals surface area contributed by atoms with Crippen LogP contribution in [0.2, 0.25) is 10.0 Å². The Morgan fingerprint density at radius 3 is 2.70 bits per heavy atom. The molecular formula is C21H22Cl2N4O3. The first-order chi connectivity index (χ1) is 14.4. The number of nitrogens with zero attached hydrogens (tertiary/aromatic N) is 2. The van der Waals surface area contributed by atoms with Crippen molar-refractivity contribution >= 4 is 29.1 Å². The lowest BCUT2D eigenvalue weighted by atomic mass is 10.0. The van der Waals surface area contributed by atoms with E-state index in [1.165, 1.54) is 6.33 Å². The zero-order valence-corrected chi connectivity index (χ0v) is 18.3. The molecule has 0 atom stereocenters. The van der Waals surface area contributed by atoms with Gasteiger partial charge in [0.25, 0.3) is 5.91 Å². The largest absolute Gasteiger partial charge is 0.496 e. The molecule has 2 N–H and O–H groups in total. The highest BCUT2D eigenvalue weighted by molar-refractivity contribution is 6.39. The monoisotopic (exact) mass is 448 g/mol. The molecule has 30 heavy (non-hydrogen) atoms. The van der Waals surface area contributed by atoms with Crippen molar-refractivity contribution in [1.82, 2.24) is 20.5 Å². The van der Waals surface area contributed by atoms with Gasteiger partial charge in [-0.25, -0.2) is 4.98 Å². The molecule has 3 rings (SSSR count). The number of rotatable bonds is 8. The van der Waals surface area contributed by atoms with Gasteiger partial charge in [0.05, 0.1) is 22.7 Å². The molecule has 2 aromatic carbocycles. The molecule has 0 saturated heterocycles. The molecule has 9 heteroatoms. The molecule has 3 aromatic rings. The van der Waals surface area contributed by atoms with Crippen LogP contribution in [0.5, 0.6) is 17.2 Å². The fraction of sp³-hybridized carbons (Fsp3) is 0.286. The third-order valence-electron chi connectivity index (χ3n) is 4.45. The number of ether oxygens (including phenoxy) is 2. The number of nitrogens with one attached hydrogen (secondary N) is 2. The van der Waals surface area contributed by atoms with Crippen molar-refractivity contribution in [3.63, 3.8) is 0 Å². The number of hydrogen-bond acceptors (Lipinski definition) is 5. The van der Waals surface area contributed by atoms with Gasteiger partial charge in [0.2, 0.25) is 0 Å². The maximum absolute atomic E-state index is 12.6. The van der Waals surface area contributed by atoms with Crippen molar-refractivity contribution in [2.24, 2.45) is 0 Å². The van der Waals surface area contributed by atoms with Crippen molar-refractivity contribution < 1.29 is 14.3 Å². The van der Waals surface area contributed by atoms with Gasteiger partial charge in [-0.15, -0.1) is 0 Å².